The van der Waals surface area contributed by atoms with Crippen molar-refractivity contribution in [1.82, 2.24) is 10.0 Å². The van der Waals surface area contributed by atoms with Gasteiger partial charge in [0.1, 0.15) is 0 Å². The van der Waals surface area contributed by atoms with E-state index in [1.54, 1.807) is 6.08 Å². The van der Waals surface area contributed by atoms with Gasteiger partial charge in [0.25, 0.3) is 0 Å². The van der Waals surface area contributed by atoms with Crippen LogP contribution in [0.15, 0.2) is 47.9 Å². The molecule has 0 amide bonds. The molecule has 0 aromatic heterocycles. The van der Waals surface area contributed by atoms with Gasteiger partial charge in [-0.2, -0.15) is 0 Å². The van der Waals surface area contributed by atoms with Gasteiger partial charge in [-0.15, -0.1) is 6.58 Å². The lowest BCUT2D eigenvalue weighted by molar-refractivity contribution is 0.579. The molecule has 2 atom stereocenters. The van der Waals surface area contributed by atoms with Crippen molar-refractivity contribution in [3.63, 3.8) is 0 Å². The summed E-state index contributed by atoms with van der Waals surface area (Å²) in [6.07, 6.45) is 9.28. The molecule has 0 aromatic carbocycles. The van der Waals surface area contributed by atoms with Crippen molar-refractivity contribution in [3.05, 3.63) is 47.9 Å². The van der Waals surface area contributed by atoms with Crippen LogP contribution in [0.3, 0.4) is 0 Å². The quantitative estimate of drug-likeness (QED) is 0.718. The zero-order valence-corrected chi connectivity index (χ0v) is 10.9. The van der Waals surface area contributed by atoms with E-state index in [0.29, 0.717) is 0 Å². The predicted molar refractivity (Wildman–Crippen MR) is 70.9 cm³/mol. The van der Waals surface area contributed by atoms with Gasteiger partial charge in [0.15, 0.2) is 0 Å². The molecule has 1 rings (SSSR count). The molecule has 4 nitrogen and oxygen atoms in total. The van der Waals surface area contributed by atoms with Crippen LogP contribution in [0.1, 0.15) is 0 Å². The summed E-state index contributed by atoms with van der Waals surface area (Å²) in [7, 11) is -0.0450. The standard InChI is InChI=1S/C12H18N2O2S/c1-4-11-9-10(5-6-12(11)13-2)7-8-17(15,16)14-3/h4-9,11-14H,1H2,2-3H3/b8-7+. The lowest BCUT2D eigenvalue weighted by Crippen LogP contribution is -2.31. The first-order valence-electron chi connectivity index (χ1n) is 5.34. The number of likely N-dealkylation sites (N-methyl/N-ethyl adjacent to an activating group) is 1. The molecule has 0 fully saturated rings. The van der Waals surface area contributed by atoms with Gasteiger partial charge < -0.3 is 5.32 Å². The van der Waals surface area contributed by atoms with Gasteiger partial charge >= 0.3 is 0 Å². The summed E-state index contributed by atoms with van der Waals surface area (Å²) in [6.45, 7) is 3.77. The molecule has 1 aliphatic carbocycles. The van der Waals surface area contributed by atoms with Gasteiger partial charge in [-0.3, -0.25) is 0 Å². The second-order valence-corrected chi connectivity index (χ2v) is 5.48. The van der Waals surface area contributed by atoms with Gasteiger partial charge in [-0.1, -0.05) is 24.3 Å². The Balaban J connectivity index is 2.85. The highest BCUT2D eigenvalue weighted by atomic mass is 32.2. The first kappa shape index (κ1) is 13.9. The fourth-order valence-electron chi connectivity index (χ4n) is 1.58. The average Bonchev–Trinajstić information content (AvgIpc) is 2.36. The monoisotopic (exact) mass is 254 g/mol. The Morgan fingerprint density at radius 2 is 2.12 bits per heavy atom. The third-order valence-corrected chi connectivity index (χ3v) is 3.69. The van der Waals surface area contributed by atoms with E-state index in [9.17, 15) is 8.42 Å². The van der Waals surface area contributed by atoms with Gasteiger partial charge in [-0.05, 0) is 25.7 Å². The number of hydrogen-bond donors (Lipinski definition) is 2. The number of allylic oxidation sites excluding steroid dienone is 3. The summed E-state index contributed by atoms with van der Waals surface area (Å²) in [5.41, 5.74) is 0.861. The van der Waals surface area contributed by atoms with E-state index in [0.717, 1.165) is 11.0 Å². The van der Waals surface area contributed by atoms with Crippen molar-refractivity contribution >= 4 is 10.0 Å². The predicted octanol–water partition coefficient (Wildman–Crippen LogP) is 0.936. The van der Waals surface area contributed by atoms with Crippen molar-refractivity contribution in [2.24, 2.45) is 5.92 Å². The van der Waals surface area contributed by atoms with Gasteiger partial charge in [-0.25, -0.2) is 13.1 Å². The smallest absolute Gasteiger partial charge is 0.233 e. The Kier molecular flexibility index (Phi) is 4.86. The van der Waals surface area contributed by atoms with Crippen LogP contribution < -0.4 is 10.0 Å². The summed E-state index contributed by atoms with van der Waals surface area (Å²) in [5, 5.41) is 4.31. The molecule has 2 unspecified atom stereocenters. The zero-order valence-electron chi connectivity index (χ0n) is 10.1. The fraction of sp³-hybridized carbons (Fsp3) is 0.333. The normalized spacial score (nSPS) is 24.9. The van der Waals surface area contributed by atoms with Crippen LogP contribution in [0.4, 0.5) is 0 Å². The summed E-state index contributed by atoms with van der Waals surface area (Å²) < 4.78 is 24.7. The molecular weight excluding hydrogens is 236 g/mol. The van der Waals surface area contributed by atoms with Crippen LogP contribution in [0, 0.1) is 5.92 Å². The topological polar surface area (TPSA) is 58.2 Å². The Bertz CT molecular complexity index is 461. The zero-order chi connectivity index (χ0) is 12.9. The SMILES string of the molecule is C=CC1C=C(/C=C/S(=O)(=O)NC)C=CC1NC. The minimum atomic E-state index is -3.31. The van der Waals surface area contributed by atoms with Gasteiger partial charge in [0.05, 0.1) is 0 Å². The Labute approximate surface area is 103 Å². The molecular formula is C12H18N2O2S. The van der Waals surface area contributed by atoms with Crippen molar-refractivity contribution in [2.75, 3.05) is 14.1 Å². The number of rotatable bonds is 5. The molecule has 0 spiro atoms. The number of nitrogens with one attached hydrogen (secondary N) is 2. The fourth-order valence-corrected chi connectivity index (χ4v) is 2.05. The van der Waals surface area contributed by atoms with Crippen molar-refractivity contribution in [1.29, 1.82) is 0 Å². The summed E-state index contributed by atoms with van der Waals surface area (Å²) >= 11 is 0. The molecule has 0 bridgehead atoms. The van der Waals surface area contributed by atoms with E-state index < -0.39 is 10.0 Å². The van der Waals surface area contributed by atoms with E-state index in [1.807, 2.05) is 31.4 Å². The molecule has 0 radical (unpaired) electrons. The average molecular weight is 254 g/mol. The summed E-state index contributed by atoms with van der Waals surface area (Å²) in [4.78, 5) is 0. The molecule has 2 N–H and O–H groups in total. The van der Waals surface area contributed by atoms with Crippen LogP contribution in [0.5, 0.6) is 0 Å². The van der Waals surface area contributed by atoms with Crippen LogP contribution in [-0.4, -0.2) is 28.6 Å². The number of hydrogen-bond acceptors (Lipinski definition) is 3. The maximum Gasteiger partial charge on any atom is 0.233 e. The minimum Gasteiger partial charge on any atom is -0.313 e. The van der Waals surface area contributed by atoms with E-state index in [-0.39, 0.29) is 12.0 Å². The molecule has 0 aromatic rings. The highest BCUT2D eigenvalue weighted by molar-refractivity contribution is 7.92. The Morgan fingerprint density at radius 1 is 1.41 bits per heavy atom. The van der Waals surface area contributed by atoms with E-state index in [1.165, 1.54) is 7.05 Å². The van der Waals surface area contributed by atoms with Crippen LogP contribution in [0.25, 0.3) is 0 Å². The maximum absolute atomic E-state index is 11.2. The molecule has 1 aliphatic rings. The maximum atomic E-state index is 11.2. The third-order valence-electron chi connectivity index (χ3n) is 2.63. The molecule has 94 valence electrons. The van der Waals surface area contributed by atoms with Crippen LogP contribution in [0.2, 0.25) is 0 Å². The van der Waals surface area contributed by atoms with Crippen molar-refractivity contribution < 1.29 is 8.42 Å². The molecule has 0 saturated carbocycles. The molecule has 0 saturated heterocycles. The first-order chi connectivity index (χ1) is 8.02. The molecule has 5 heteroatoms. The number of sulfonamides is 1. The largest absolute Gasteiger partial charge is 0.313 e. The lowest BCUT2D eigenvalue weighted by atomic mass is 9.91. The molecule has 0 heterocycles. The van der Waals surface area contributed by atoms with E-state index in [4.69, 9.17) is 0 Å². The van der Waals surface area contributed by atoms with Crippen molar-refractivity contribution in [2.45, 2.75) is 6.04 Å². The highest BCUT2D eigenvalue weighted by Gasteiger charge is 2.15. The van der Waals surface area contributed by atoms with Crippen molar-refractivity contribution in [3.8, 4) is 0 Å². The van der Waals surface area contributed by atoms with Gasteiger partial charge in [0.2, 0.25) is 10.0 Å². The molecule has 17 heavy (non-hydrogen) atoms. The second kappa shape index (κ2) is 5.95. The van der Waals surface area contributed by atoms with Crippen LogP contribution >= 0.6 is 0 Å². The minimum absolute atomic E-state index is 0.168. The first-order valence-corrected chi connectivity index (χ1v) is 6.88. The summed E-state index contributed by atoms with van der Waals surface area (Å²) in [5.74, 6) is 0.168. The van der Waals surface area contributed by atoms with Gasteiger partial charge in [0, 0.05) is 17.4 Å². The molecule has 0 aliphatic heterocycles. The Morgan fingerprint density at radius 3 is 2.65 bits per heavy atom. The summed E-state index contributed by atoms with van der Waals surface area (Å²) in [6, 6.07) is 0.213. The van der Waals surface area contributed by atoms with E-state index >= 15 is 0 Å². The lowest BCUT2D eigenvalue weighted by Gasteiger charge is -2.22. The highest BCUT2D eigenvalue weighted by Crippen LogP contribution is 2.19. The van der Waals surface area contributed by atoms with Crippen LogP contribution in [-0.2, 0) is 10.0 Å². The third kappa shape index (κ3) is 3.96. The Hall–Kier alpha value is -1.17. The van der Waals surface area contributed by atoms with E-state index in [2.05, 4.69) is 16.6 Å². The second-order valence-electron chi connectivity index (χ2n) is 3.71.